The van der Waals surface area contributed by atoms with E-state index in [9.17, 15) is 9.59 Å². The van der Waals surface area contributed by atoms with Crippen molar-refractivity contribution in [1.82, 2.24) is 0 Å². The molecule has 0 aliphatic rings. The monoisotopic (exact) mass is 458 g/mol. The Kier molecular flexibility index (Phi) is 9.37. The van der Waals surface area contributed by atoms with Crippen molar-refractivity contribution < 1.29 is 37.4 Å². The fourth-order valence-electron chi connectivity index (χ4n) is 2.66. The van der Waals surface area contributed by atoms with Gasteiger partial charge >= 0.3 is 12.2 Å². The summed E-state index contributed by atoms with van der Waals surface area (Å²) in [7, 11) is 0. The lowest BCUT2D eigenvalue weighted by atomic mass is 10.2. The molecule has 2 aromatic heterocycles. The second-order valence-corrected chi connectivity index (χ2v) is 6.82. The predicted molar refractivity (Wildman–Crippen MR) is 118 cm³/mol. The number of carbonyl (C=O) groups is 2. The second kappa shape index (κ2) is 12.9. The lowest BCUT2D eigenvalue weighted by Crippen LogP contribution is -2.18. The van der Waals surface area contributed by atoms with Crippen molar-refractivity contribution in [2.75, 3.05) is 37.1 Å². The number of nitrogens with one attached hydrogen (secondary N) is 2. The van der Waals surface area contributed by atoms with E-state index < -0.39 is 12.2 Å². The standard InChI is InChI=1S/C23H26N2O8/c1-17-6-7-18(24-22(26)32-12-10-28-15-19-4-2-8-30-19)14-21(17)25-23(27)33-13-11-29-16-20-5-3-9-31-20/h2-9,14H,10-13,15-16H2,1H3,(H,24,26)(H,25,27). The molecule has 0 saturated carbocycles. The minimum absolute atomic E-state index is 0.0812. The van der Waals surface area contributed by atoms with Gasteiger partial charge in [0.15, 0.2) is 0 Å². The van der Waals surface area contributed by atoms with Crippen LogP contribution in [0, 0.1) is 6.92 Å². The number of aryl methyl sites for hydroxylation is 1. The van der Waals surface area contributed by atoms with Gasteiger partial charge in [0, 0.05) is 11.4 Å². The Balaban J connectivity index is 1.33. The van der Waals surface area contributed by atoms with Crippen molar-refractivity contribution >= 4 is 23.6 Å². The molecule has 3 aromatic rings. The van der Waals surface area contributed by atoms with Gasteiger partial charge < -0.3 is 27.8 Å². The molecule has 33 heavy (non-hydrogen) atoms. The third-order valence-electron chi connectivity index (χ3n) is 4.29. The quantitative estimate of drug-likeness (QED) is 0.374. The van der Waals surface area contributed by atoms with Crippen LogP contribution in [0.1, 0.15) is 17.1 Å². The van der Waals surface area contributed by atoms with Crippen LogP contribution in [0.25, 0.3) is 0 Å². The van der Waals surface area contributed by atoms with E-state index in [0.717, 1.165) is 5.56 Å². The summed E-state index contributed by atoms with van der Waals surface area (Å²) in [5.41, 5.74) is 1.75. The predicted octanol–water partition coefficient (Wildman–Crippen LogP) is 4.71. The Morgan fingerprint density at radius 2 is 1.36 bits per heavy atom. The number of rotatable bonds is 12. The third kappa shape index (κ3) is 8.71. The molecule has 0 aliphatic carbocycles. The number of benzene rings is 1. The molecule has 2 amide bonds. The van der Waals surface area contributed by atoms with Gasteiger partial charge in [-0.3, -0.25) is 10.6 Å². The Morgan fingerprint density at radius 1 is 0.788 bits per heavy atom. The summed E-state index contributed by atoms with van der Waals surface area (Å²) in [6.45, 7) is 3.04. The van der Waals surface area contributed by atoms with E-state index in [4.69, 9.17) is 27.8 Å². The van der Waals surface area contributed by atoms with Crippen LogP contribution >= 0.6 is 0 Å². The molecule has 1 aromatic carbocycles. The van der Waals surface area contributed by atoms with Crippen molar-refractivity contribution in [3.05, 3.63) is 72.1 Å². The maximum atomic E-state index is 12.0. The van der Waals surface area contributed by atoms with E-state index in [1.165, 1.54) is 0 Å². The smallest absolute Gasteiger partial charge is 0.411 e. The Morgan fingerprint density at radius 3 is 1.91 bits per heavy atom. The molecular weight excluding hydrogens is 432 g/mol. The lowest BCUT2D eigenvalue weighted by molar-refractivity contribution is 0.0616. The summed E-state index contributed by atoms with van der Waals surface area (Å²) >= 11 is 0. The van der Waals surface area contributed by atoms with Crippen LogP contribution in [-0.4, -0.2) is 38.6 Å². The SMILES string of the molecule is Cc1ccc(NC(=O)OCCOCc2ccco2)cc1NC(=O)OCCOCc1ccco1. The number of hydrogen-bond acceptors (Lipinski definition) is 8. The van der Waals surface area contributed by atoms with Crippen LogP contribution in [-0.2, 0) is 32.2 Å². The summed E-state index contributed by atoms with van der Waals surface area (Å²) in [6.07, 6.45) is 1.85. The number of furan rings is 2. The van der Waals surface area contributed by atoms with Gasteiger partial charge in [-0.1, -0.05) is 6.07 Å². The molecule has 176 valence electrons. The minimum Gasteiger partial charge on any atom is -0.467 e. The average Bonchev–Trinajstić information content (AvgIpc) is 3.50. The number of carbonyl (C=O) groups excluding carboxylic acids is 2. The van der Waals surface area contributed by atoms with Crippen molar-refractivity contribution in [2.24, 2.45) is 0 Å². The first-order chi connectivity index (χ1) is 16.1. The Labute approximate surface area is 190 Å². The maximum Gasteiger partial charge on any atom is 0.411 e. The van der Waals surface area contributed by atoms with E-state index >= 15 is 0 Å². The van der Waals surface area contributed by atoms with Crippen LogP contribution in [0.3, 0.4) is 0 Å². The van der Waals surface area contributed by atoms with Crippen molar-refractivity contribution in [1.29, 1.82) is 0 Å². The zero-order chi connectivity index (χ0) is 23.3. The zero-order valence-electron chi connectivity index (χ0n) is 18.2. The summed E-state index contributed by atoms with van der Waals surface area (Å²) in [4.78, 5) is 24.0. The van der Waals surface area contributed by atoms with Crippen LogP contribution in [0.4, 0.5) is 21.0 Å². The summed E-state index contributed by atoms with van der Waals surface area (Å²) in [6, 6.07) is 12.2. The highest BCUT2D eigenvalue weighted by atomic mass is 16.6. The van der Waals surface area contributed by atoms with Crippen molar-refractivity contribution in [3.8, 4) is 0 Å². The first-order valence-corrected chi connectivity index (χ1v) is 10.3. The molecule has 0 saturated heterocycles. The largest absolute Gasteiger partial charge is 0.467 e. The molecule has 10 heteroatoms. The van der Waals surface area contributed by atoms with Gasteiger partial charge in [-0.2, -0.15) is 0 Å². The summed E-state index contributed by atoms with van der Waals surface area (Å²) < 4.78 is 31.2. The molecule has 0 aliphatic heterocycles. The zero-order valence-corrected chi connectivity index (χ0v) is 18.2. The maximum absolute atomic E-state index is 12.0. The van der Waals surface area contributed by atoms with Gasteiger partial charge in [0.25, 0.3) is 0 Å². The molecule has 0 spiro atoms. The number of ether oxygens (including phenoxy) is 4. The molecule has 3 rings (SSSR count). The highest BCUT2D eigenvalue weighted by Crippen LogP contribution is 2.20. The summed E-state index contributed by atoms with van der Waals surface area (Å²) in [5, 5.41) is 5.25. The highest BCUT2D eigenvalue weighted by Gasteiger charge is 2.09. The fraction of sp³-hybridized carbons (Fsp3) is 0.304. The molecule has 0 unspecified atom stereocenters. The topological polar surface area (TPSA) is 121 Å². The van der Waals surface area contributed by atoms with Crippen LogP contribution in [0.15, 0.2) is 63.8 Å². The molecule has 0 atom stereocenters. The van der Waals surface area contributed by atoms with Gasteiger partial charge in [0.1, 0.15) is 37.9 Å². The molecule has 2 heterocycles. The first-order valence-electron chi connectivity index (χ1n) is 10.3. The van der Waals surface area contributed by atoms with Gasteiger partial charge in [-0.25, -0.2) is 9.59 Å². The third-order valence-corrected chi connectivity index (χ3v) is 4.29. The van der Waals surface area contributed by atoms with Gasteiger partial charge in [-0.15, -0.1) is 0 Å². The van der Waals surface area contributed by atoms with Crippen LogP contribution < -0.4 is 10.6 Å². The highest BCUT2D eigenvalue weighted by molar-refractivity contribution is 5.89. The Bertz CT molecular complexity index is 986. The fourth-order valence-corrected chi connectivity index (χ4v) is 2.66. The van der Waals surface area contributed by atoms with E-state index in [1.807, 2.05) is 6.92 Å². The molecule has 2 N–H and O–H groups in total. The normalized spacial score (nSPS) is 10.6. The van der Waals surface area contributed by atoms with Gasteiger partial charge in [0.2, 0.25) is 0 Å². The van der Waals surface area contributed by atoms with Crippen LogP contribution in [0.5, 0.6) is 0 Å². The van der Waals surface area contributed by atoms with E-state index in [0.29, 0.717) is 36.1 Å². The number of amides is 2. The van der Waals surface area contributed by atoms with Crippen LogP contribution in [0.2, 0.25) is 0 Å². The summed E-state index contributed by atoms with van der Waals surface area (Å²) in [5.74, 6) is 1.39. The van der Waals surface area contributed by atoms with Gasteiger partial charge in [0.05, 0.1) is 25.7 Å². The van der Waals surface area contributed by atoms with Crippen molar-refractivity contribution in [3.63, 3.8) is 0 Å². The van der Waals surface area contributed by atoms with E-state index in [-0.39, 0.29) is 26.4 Å². The second-order valence-electron chi connectivity index (χ2n) is 6.82. The number of anilines is 2. The molecular formula is C23H26N2O8. The lowest BCUT2D eigenvalue weighted by Gasteiger charge is -2.12. The average molecular weight is 458 g/mol. The van der Waals surface area contributed by atoms with E-state index in [2.05, 4.69) is 10.6 Å². The molecule has 0 radical (unpaired) electrons. The molecule has 10 nitrogen and oxygen atoms in total. The van der Waals surface area contributed by atoms with E-state index in [1.54, 1.807) is 55.0 Å². The Hall–Kier alpha value is -3.76. The molecule has 0 fully saturated rings. The number of hydrogen-bond donors (Lipinski definition) is 2. The van der Waals surface area contributed by atoms with Crippen molar-refractivity contribution in [2.45, 2.75) is 20.1 Å². The minimum atomic E-state index is -0.636. The van der Waals surface area contributed by atoms with Gasteiger partial charge in [-0.05, 0) is 48.9 Å². The molecule has 0 bridgehead atoms. The first kappa shape index (κ1) is 23.9.